The molecule has 2 fully saturated rings. The number of ether oxygens (including phenoxy) is 1. The summed E-state index contributed by atoms with van der Waals surface area (Å²) in [4.78, 5) is 17.2. The molecule has 2 aliphatic rings. The highest BCUT2D eigenvalue weighted by atomic mass is 16.5. The number of amides is 2. The van der Waals surface area contributed by atoms with Crippen LogP contribution < -0.4 is 5.32 Å². The fraction of sp³-hybridized carbons (Fsp3) is 0.500. The molecule has 0 bridgehead atoms. The van der Waals surface area contributed by atoms with E-state index in [1.165, 1.54) is 12.8 Å². The molecule has 0 radical (unpaired) electrons. The van der Waals surface area contributed by atoms with Crippen molar-refractivity contribution in [1.82, 2.24) is 19.6 Å². The second-order valence-electron chi connectivity index (χ2n) is 7.19. The average molecular weight is 369 g/mol. The minimum absolute atomic E-state index is 0.0791. The molecule has 0 saturated carbocycles. The molecule has 1 unspecified atom stereocenters. The Morgan fingerprint density at radius 3 is 2.74 bits per heavy atom. The van der Waals surface area contributed by atoms with Crippen LogP contribution in [0.2, 0.25) is 0 Å². The summed E-state index contributed by atoms with van der Waals surface area (Å²) in [5.74, 6) is 0.674. The van der Waals surface area contributed by atoms with Gasteiger partial charge in [-0.15, -0.1) is 0 Å². The number of nitrogens with one attached hydrogen (secondary N) is 1. The Labute approximate surface area is 159 Å². The molecule has 1 N–H and O–H groups in total. The molecule has 7 heteroatoms. The monoisotopic (exact) mass is 369 g/mol. The van der Waals surface area contributed by atoms with Gasteiger partial charge in [0.25, 0.3) is 0 Å². The molecule has 2 aromatic rings. The maximum atomic E-state index is 12.9. The van der Waals surface area contributed by atoms with Crippen LogP contribution >= 0.6 is 0 Å². The smallest absolute Gasteiger partial charge is 0.323 e. The van der Waals surface area contributed by atoms with Gasteiger partial charge in [-0.2, -0.15) is 5.10 Å². The van der Waals surface area contributed by atoms with Gasteiger partial charge in [-0.1, -0.05) is 18.2 Å². The lowest BCUT2D eigenvalue weighted by atomic mass is 10.3. The first-order valence-electron chi connectivity index (χ1n) is 9.79. The summed E-state index contributed by atoms with van der Waals surface area (Å²) >= 11 is 0. The van der Waals surface area contributed by atoms with Crippen molar-refractivity contribution in [3.05, 3.63) is 42.6 Å². The van der Waals surface area contributed by atoms with Gasteiger partial charge in [-0.05, 0) is 44.5 Å². The number of para-hydroxylation sites is 1. The standard InChI is InChI=1S/C20H27N5O2/c26-20(22-19-9-10-21-25(19)17-7-2-1-3-8-17)24-13-6-14-27-18(16-24)15-23-11-4-5-12-23/h1-3,7-10,18H,4-6,11-16H2,(H,22,26). The number of likely N-dealkylation sites (tertiary alicyclic amines) is 1. The summed E-state index contributed by atoms with van der Waals surface area (Å²) < 4.78 is 7.74. The van der Waals surface area contributed by atoms with Crippen LogP contribution in [-0.2, 0) is 4.74 Å². The van der Waals surface area contributed by atoms with Crippen molar-refractivity contribution in [2.24, 2.45) is 0 Å². The van der Waals surface area contributed by atoms with Crippen molar-refractivity contribution in [1.29, 1.82) is 0 Å². The van der Waals surface area contributed by atoms with E-state index in [1.54, 1.807) is 10.9 Å². The van der Waals surface area contributed by atoms with E-state index in [4.69, 9.17) is 4.74 Å². The largest absolute Gasteiger partial charge is 0.375 e. The first-order valence-corrected chi connectivity index (χ1v) is 9.79. The van der Waals surface area contributed by atoms with Crippen molar-refractivity contribution >= 4 is 11.8 Å². The number of carbonyl (C=O) groups is 1. The SMILES string of the molecule is O=C(Nc1ccnn1-c1ccccc1)N1CCCOC(CN2CCCC2)C1. The molecule has 7 nitrogen and oxygen atoms in total. The molecule has 27 heavy (non-hydrogen) atoms. The quantitative estimate of drug-likeness (QED) is 0.900. The number of carbonyl (C=O) groups excluding carboxylic acids is 1. The normalized spacial score (nSPS) is 21.2. The molecule has 2 amide bonds. The van der Waals surface area contributed by atoms with Gasteiger partial charge in [-0.3, -0.25) is 5.32 Å². The van der Waals surface area contributed by atoms with Crippen LogP contribution in [0, 0.1) is 0 Å². The van der Waals surface area contributed by atoms with Gasteiger partial charge in [0.1, 0.15) is 5.82 Å². The van der Waals surface area contributed by atoms with Gasteiger partial charge in [0.15, 0.2) is 0 Å². The molecule has 144 valence electrons. The van der Waals surface area contributed by atoms with Crippen LogP contribution in [0.15, 0.2) is 42.6 Å². The van der Waals surface area contributed by atoms with Crippen LogP contribution in [-0.4, -0.2) is 71.0 Å². The third-order valence-corrected chi connectivity index (χ3v) is 5.18. The Kier molecular flexibility index (Phi) is 5.69. The molecule has 1 aromatic heterocycles. The van der Waals surface area contributed by atoms with Crippen molar-refractivity contribution in [3.63, 3.8) is 0 Å². The van der Waals surface area contributed by atoms with E-state index < -0.39 is 0 Å². The summed E-state index contributed by atoms with van der Waals surface area (Å²) in [6.45, 7) is 5.24. The molecule has 0 spiro atoms. The number of benzene rings is 1. The van der Waals surface area contributed by atoms with Crippen LogP contribution in [0.5, 0.6) is 0 Å². The van der Waals surface area contributed by atoms with Gasteiger partial charge in [0.2, 0.25) is 0 Å². The van der Waals surface area contributed by atoms with E-state index in [1.807, 2.05) is 41.3 Å². The van der Waals surface area contributed by atoms with E-state index in [2.05, 4.69) is 15.3 Å². The number of urea groups is 1. The van der Waals surface area contributed by atoms with Crippen LogP contribution in [0.3, 0.4) is 0 Å². The van der Waals surface area contributed by atoms with E-state index in [0.29, 0.717) is 25.5 Å². The maximum absolute atomic E-state index is 12.9. The van der Waals surface area contributed by atoms with Gasteiger partial charge < -0.3 is 14.5 Å². The van der Waals surface area contributed by atoms with Gasteiger partial charge in [0, 0.05) is 32.3 Å². The van der Waals surface area contributed by atoms with Crippen LogP contribution in [0.25, 0.3) is 5.69 Å². The average Bonchev–Trinajstić information content (AvgIpc) is 3.31. The molecule has 3 heterocycles. The molecular weight excluding hydrogens is 342 g/mol. The first-order chi connectivity index (χ1) is 13.3. The summed E-state index contributed by atoms with van der Waals surface area (Å²) in [6.07, 6.45) is 5.17. The Bertz CT molecular complexity index is 742. The lowest BCUT2D eigenvalue weighted by Gasteiger charge is -2.27. The van der Waals surface area contributed by atoms with Crippen molar-refractivity contribution < 1.29 is 9.53 Å². The first kappa shape index (κ1) is 18.0. The van der Waals surface area contributed by atoms with E-state index in [9.17, 15) is 4.79 Å². The number of hydrogen-bond acceptors (Lipinski definition) is 4. The van der Waals surface area contributed by atoms with Crippen molar-refractivity contribution in [2.45, 2.75) is 25.4 Å². The molecule has 4 rings (SSSR count). The fourth-order valence-electron chi connectivity index (χ4n) is 3.80. The minimum atomic E-state index is -0.0930. The maximum Gasteiger partial charge on any atom is 0.323 e. The lowest BCUT2D eigenvalue weighted by molar-refractivity contribution is 0.0355. The van der Waals surface area contributed by atoms with Crippen LogP contribution in [0.4, 0.5) is 10.6 Å². The van der Waals surface area contributed by atoms with Crippen molar-refractivity contribution in [3.8, 4) is 5.69 Å². The van der Waals surface area contributed by atoms with Gasteiger partial charge in [0.05, 0.1) is 18.0 Å². The highest BCUT2D eigenvalue weighted by Gasteiger charge is 2.26. The number of nitrogens with zero attached hydrogens (tertiary/aromatic N) is 4. The Balaban J connectivity index is 1.41. The Morgan fingerprint density at radius 2 is 1.93 bits per heavy atom. The third-order valence-electron chi connectivity index (χ3n) is 5.18. The number of hydrogen-bond donors (Lipinski definition) is 1. The lowest BCUT2D eigenvalue weighted by Crippen LogP contribution is -2.43. The van der Waals surface area contributed by atoms with Crippen molar-refractivity contribution in [2.75, 3.05) is 44.6 Å². The van der Waals surface area contributed by atoms with E-state index in [-0.39, 0.29) is 12.1 Å². The fourth-order valence-corrected chi connectivity index (χ4v) is 3.80. The highest BCUT2D eigenvalue weighted by molar-refractivity contribution is 5.88. The summed E-state index contributed by atoms with van der Waals surface area (Å²) in [7, 11) is 0. The molecule has 2 saturated heterocycles. The zero-order chi connectivity index (χ0) is 18.5. The molecular formula is C20H27N5O2. The Hall–Kier alpha value is -2.38. The van der Waals surface area contributed by atoms with Crippen LogP contribution in [0.1, 0.15) is 19.3 Å². The van der Waals surface area contributed by atoms with E-state index >= 15 is 0 Å². The van der Waals surface area contributed by atoms with Gasteiger partial charge in [-0.25, -0.2) is 9.48 Å². The zero-order valence-electron chi connectivity index (χ0n) is 15.6. The topological polar surface area (TPSA) is 62.6 Å². The zero-order valence-corrected chi connectivity index (χ0v) is 15.6. The summed E-state index contributed by atoms with van der Waals surface area (Å²) in [5, 5.41) is 7.36. The summed E-state index contributed by atoms with van der Waals surface area (Å²) in [6, 6.07) is 11.5. The molecule has 1 aromatic carbocycles. The number of anilines is 1. The van der Waals surface area contributed by atoms with Gasteiger partial charge >= 0.3 is 6.03 Å². The highest BCUT2D eigenvalue weighted by Crippen LogP contribution is 2.17. The minimum Gasteiger partial charge on any atom is -0.375 e. The Morgan fingerprint density at radius 1 is 1.11 bits per heavy atom. The molecule has 0 aliphatic carbocycles. The number of aromatic nitrogens is 2. The molecule has 2 aliphatic heterocycles. The predicted octanol–water partition coefficient (Wildman–Crippen LogP) is 2.59. The van der Waals surface area contributed by atoms with E-state index in [0.717, 1.165) is 31.7 Å². The third kappa shape index (κ3) is 4.48. The second kappa shape index (κ2) is 8.54. The number of rotatable bonds is 4. The molecule has 1 atom stereocenters. The summed E-state index contributed by atoms with van der Waals surface area (Å²) in [5.41, 5.74) is 0.920. The second-order valence-corrected chi connectivity index (χ2v) is 7.19. The predicted molar refractivity (Wildman–Crippen MR) is 104 cm³/mol.